The number of halogens is 2. The van der Waals surface area contributed by atoms with Crippen LogP contribution in [0.2, 0.25) is 0 Å². The lowest BCUT2D eigenvalue weighted by Crippen LogP contribution is -2.57. The first-order valence-corrected chi connectivity index (χ1v) is 7.44. The van der Waals surface area contributed by atoms with Gasteiger partial charge in [0.2, 0.25) is 0 Å². The van der Waals surface area contributed by atoms with Crippen molar-refractivity contribution >= 4 is 49.1 Å². The van der Waals surface area contributed by atoms with E-state index in [-0.39, 0.29) is 5.91 Å². The van der Waals surface area contributed by atoms with E-state index >= 15 is 0 Å². The molecule has 0 spiro atoms. The number of hydrogen-bond acceptors (Lipinski definition) is 3. The summed E-state index contributed by atoms with van der Waals surface area (Å²) in [5.41, 5.74) is -1.69. The van der Waals surface area contributed by atoms with Crippen molar-refractivity contribution in [1.29, 1.82) is 0 Å². The Kier molecular flexibility index (Phi) is 4.45. The van der Waals surface area contributed by atoms with Gasteiger partial charge >= 0.3 is 0 Å². The summed E-state index contributed by atoms with van der Waals surface area (Å²) >= 11 is 8.03. The zero-order valence-corrected chi connectivity index (χ0v) is 14.1. The maximum absolute atomic E-state index is 12.0. The SMILES string of the molecule is CC(C)(O)C(C)(C)NC(=O)c1cc(Br)c(Br)s1. The Morgan fingerprint density at radius 3 is 2.24 bits per heavy atom. The number of hydrogen-bond donors (Lipinski definition) is 2. The number of thiophene rings is 1. The third-order valence-corrected chi connectivity index (χ3v) is 6.08. The molecule has 0 aliphatic rings. The maximum Gasteiger partial charge on any atom is 0.261 e. The highest BCUT2D eigenvalue weighted by atomic mass is 79.9. The average molecular weight is 385 g/mol. The summed E-state index contributed by atoms with van der Waals surface area (Å²) in [5.74, 6) is -0.187. The Labute approximate surface area is 122 Å². The number of aliphatic hydroxyl groups is 1. The minimum atomic E-state index is -0.992. The number of amides is 1. The van der Waals surface area contributed by atoms with Gasteiger partial charge in [0, 0.05) is 4.47 Å². The van der Waals surface area contributed by atoms with Crippen molar-refractivity contribution in [2.45, 2.75) is 38.8 Å². The lowest BCUT2D eigenvalue weighted by Gasteiger charge is -2.37. The summed E-state index contributed by atoms with van der Waals surface area (Å²) in [6, 6.07) is 1.75. The van der Waals surface area contributed by atoms with Gasteiger partial charge in [0.05, 0.1) is 19.8 Å². The molecule has 0 saturated heterocycles. The number of carbonyl (C=O) groups excluding carboxylic acids is 1. The summed E-state index contributed by atoms with van der Waals surface area (Å²) in [6.45, 7) is 6.94. The van der Waals surface area contributed by atoms with E-state index in [9.17, 15) is 9.90 Å². The molecule has 1 aromatic heterocycles. The summed E-state index contributed by atoms with van der Waals surface area (Å²) < 4.78 is 1.73. The van der Waals surface area contributed by atoms with Crippen molar-refractivity contribution < 1.29 is 9.90 Å². The predicted octanol–water partition coefficient (Wildman–Crippen LogP) is 3.55. The molecule has 0 radical (unpaired) electrons. The average Bonchev–Trinajstić information content (AvgIpc) is 2.44. The largest absolute Gasteiger partial charge is 0.388 e. The van der Waals surface area contributed by atoms with Gasteiger partial charge in [0.15, 0.2) is 0 Å². The molecule has 2 N–H and O–H groups in total. The molecular formula is C11H15Br2NO2S. The van der Waals surface area contributed by atoms with Crippen molar-refractivity contribution in [3.8, 4) is 0 Å². The molecule has 0 aliphatic heterocycles. The van der Waals surface area contributed by atoms with Crippen LogP contribution < -0.4 is 5.32 Å². The number of rotatable bonds is 3. The fourth-order valence-electron chi connectivity index (χ4n) is 0.957. The molecule has 3 nitrogen and oxygen atoms in total. The van der Waals surface area contributed by atoms with Gasteiger partial charge in [0.25, 0.3) is 5.91 Å². The molecule has 1 amide bonds. The quantitative estimate of drug-likeness (QED) is 0.837. The van der Waals surface area contributed by atoms with E-state index < -0.39 is 11.1 Å². The van der Waals surface area contributed by atoms with Crippen LogP contribution in [0, 0.1) is 0 Å². The third-order valence-electron chi connectivity index (χ3n) is 2.82. The van der Waals surface area contributed by atoms with E-state index in [1.807, 2.05) is 0 Å². The number of nitrogens with one attached hydrogen (secondary N) is 1. The summed E-state index contributed by atoms with van der Waals surface area (Å²) in [5, 5.41) is 12.8. The van der Waals surface area contributed by atoms with Crippen LogP contribution in [0.25, 0.3) is 0 Å². The Morgan fingerprint density at radius 2 is 1.88 bits per heavy atom. The first-order valence-electron chi connectivity index (χ1n) is 5.04. The lowest BCUT2D eigenvalue weighted by atomic mass is 9.86. The molecule has 0 aromatic carbocycles. The van der Waals surface area contributed by atoms with Crippen LogP contribution in [-0.2, 0) is 0 Å². The van der Waals surface area contributed by atoms with Crippen LogP contribution >= 0.6 is 43.2 Å². The molecule has 0 fully saturated rings. The van der Waals surface area contributed by atoms with Gasteiger partial charge in [-0.2, -0.15) is 0 Å². The van der Waals surface area contributed by atoms with E-state index in [4.69, 9.17) is 0 Å². The molecule has 0 saturated carbocycles. The van der Waals surface area contributed by atoms with Gasteiger partial charge in [-0.15, -0.1) is 11.3 Å². The Balaban J connectivity index is 2.87. The highest BCUT2D eigenvalue weighted by Gasteiger charge is 2.36. The van der Waals surface area contributed by atoms with Crippen molar-refractivity contribution in [3.63, 3.8) is 0 Å². The maximum atomic E-state index is 12.0. The second-order valence-electron chi connectivity index (χ2n) is 4.87. The van der Waals surface area contributed by atoms with Crippen molar-refractivity contribution in [2.24, 2.45) is 0 Å². The molecule has 1 heterocycles. The lowest BCUT2D eigenvalue weighted by molar-refractivity contribution is -0.00284. The fourth-order valence-corrected chi connectivity index (χ4v) is 2.89. The summed E-state index contributed by atoms with van der Waals surface area (Å²) in [6.07, 6.45) is 0. The molecule has 1 rings (SSSR count). The Hall–Kier alpha value is 0.0900. The van der Waals surface area contributed by atoms with Gasteiger partial charge in [-0.25, -0.2) is 0 Å². The smallest absolute Gasteiger partial charge is 0.261 e. The molecule has 0 aliphatic carbocycles. The second-order valence-corrected chi connectivity index (χ2v) is 8.09. The highest BCUT2D eigenvalue weighted by Crippen LogP contribution is 2.32. The first-order chi connectivity index (χ1) is 7.54. The highest BCUT2D eigenvalue weighted by molar-refractivity contribution is 9.13. The zero-order valence-electron chi connectivity index (χ0n) is 10.1. The molecule has 96 valence electrons. The normalized spacial score (nSPS) is 12.6. The van der Waals surface area contributed by atoms with Crippen LogP contribution in [0.3, 0.4) is 0 Å². The predicted molar refractivity (Wildman–Crippen MR) is 77.6 cm³/mol. The second kappa shape index (κ2) is 4.99. The minimum absolute atomic E-state index is 0.187. The third kappa shape index (κ3) is 3.53. The van der Waals surface area contributed by atoms with Crippen molar-refractivity contribution in [3.05, 3.63) is 19.2 Å². The molecule has 1 aromatic rings. The Morgan fingerprint density at radius 1 is 1.35 bits per heavy atom. The number of carbonyl (C=O) groups is 1. The van der Waals surface area contributed by atoms with E-state index in [1.165, 1.54) is 11.3 Å². The van der Waals surface area contributed by atoms with E-state index in [0.717, 1.165) is 8.26 Å². The van der Waals surface area contributed by atoms with Crippen LogP contribution in [0.1, 0.15) is 37.4 Å². The summed E-state index contributed by atoms with van der Waals surface area (Å²) in [7, 11) is 0. The van der Waals surface area contributed by atoms with E-state index in [1.54, 1.807) is 33.8 Å². The summed E-state index contributed by atoms with van der Waals surface area (Å²) in [4.78, 5) is 12.6. The molecule has 0 bridgehead atoms. The van der Waals surface area contributed by atoms with Gasteiger partial charge in [0.1, 0.15) is 0 Å². The van der Waals surface area contributed by atoms with Crippen LogP contribution in [-0.4, -0.2) is 22.2 Å². The van der Waals surface area contributed by atoms with Crippen molar-refractivity contribution in [2.75, 3.05) is 0 Å². The van der Waals surface area contributed by atoms with Gasteiger partial charge in [-0.1, -0.05) is 0 Å². The fraction of sp³-hybridized carbons (Fsp3) is 0.545. The first kappa shape index (κ1) is 15.1. The molecule has 17 heavy (non-hydrogen) atoms. The minimum Gasteiger partial charge on any atom is -0.388 e. The van der Waals surface area contributed by atoms with Gasteiger partial charge in [-0.3, -0.25) is 4.79 Å². The van der Waals surface area contributed by atoms with Gasteiger partial charge in [-0.05, 0) is 65.6 Å². The molecule has 0 unspecified atom stereocenters. The molecule has 6 heteroatoms. The van der Waals surface area contributed by atoms with Gasteiger partial charge < -0.3 is 10.4 Å². The zero-order chi connectivity index (χ0) is 13.4. The van der Waals surface area contributed by atoms with E-state index in [2.05, 4.69) is 37.2 Å². The van der Waals surface area contributed by atoms with Crippen LogP contribution in [0.4, 0.5) is 0 Å². The molecule has 0 atom stereocenters. The Bertz CT molecular complexity index is 416. The van der Waals surface area contributed by atoms with Crippen LogP contribution in [0.15, 0.2) is 14.3 Å². The topological polar surface area (TPSA) is 49.3 Å². The standard InChI is InChI=1S/C11H15Br2NO2S/c1-10(2,11(3,4)16)14-9(15)7-5-6(12)8(13)17-7/h5,16H,1-4H3,(H,14,15). The van der Waals surface area contributed by atoms with Crippen molar-refractivity contribution in [1.82, 2.24) is 5.32 Å². The van der Waals surface area contributed by atoms with E-state index in [0.29, 0.717) is 4.88 Å². The molecular weight excluding hydrogens is 370 g/mol. The monoisotopic (exact) mass is 383 g/mol. The van der Waals surface area contributed by atoms with Crippen LogP contribution in [0.5, 0.6) is 0 Å².